The van der Waals surface area contributed by atoms with Crippen LogP contribution in [0.3, 0.4) is 0 Å². The fraction of sp³-hybridized carbons (Fsp3) is 0.304. The maximum atomic E-state index is 11.7. The molecule has 0 spiro atoms. The molecule has 0 unspecified atom stereocenters. The van der Waals surface area contributed by atoms with Crippen LogP contribution in [0.5, 0.6) is 11.5 Å². The molecule has 1 N–H and O–H groups in total. The molecule has 6 nitrogen and oxygen atoms in total. The maximum Gasteiger partial charge on any atom is 0.407 e. The van der Waals surface area contributed by atoms with Crippen LogP contribution in [-0.2, 0) is 22.4 Å². The van der Waals surface area contributed by atoms with Crippen LogP contribution >= 0.6 is 0 Å². The molecule has 6 heteroatoms. The lowest BCUT2D eigenvalue weighted by Gasteiger charge is -2.14. The topological polar surface area (TPSA) is 73.9 Å². The summed E-state index contributed by atoms with van der Waals surface area (Å²) in [6.45, 7) is 2.47. The zero-order valence-corrected chi connectivity index (χ0v) is 17.1. The Labute approximate surface area is 171 Å². The van der Waals surface area contributed by atoms with E-state index in [4.69, 9.17) is 14.2 Å². The Bertz CT molecular complexity index is 846. The smallest absolute Gasteiger partial charge is 0.407 e. The van der Waals surface area contributed by atoms with Crippen LogP contribution in [0.15, 0.2) is 48.0 Å². The lowest BCUT2D eigenvalue weighted by Crippen LogP contribution is -2.26. The van der Waals surface area contributed by atoms with Gasteiger partial charge in [0.2, 0.25) is 0 Å². The molecule has 2 rings (SSSR count). The molecule has 0 aliphatic rings. The first-order chi connectivity index (χ1) is 14.1. The Morgan fingerprint density at radius 1 is 1.07 bits per heavy atom. The molecule has 0 atom stereocenters. The molecule has 2 aromatic rings. The van der Waals surface area contributed by atoms with Gasteiger partial charge in [0.25, 0.3) is 0 Å². The Morgan fingerprint density at radius 2 is 1.76 bits per heavy atom. The second-order valence-corrected chi connectivity index (χ2v) is 6.30. The van der Waals surface area contributed by atoms with Crippen molar-refractivity contribution in [2.24, 2.45) is 0 Å². The van der Waals surface area contributed by atoms with Gasteiger partial charge in [-0.1, -0.05) is 30.3 Å². The second kappa shape index (κ2) is 11.5. The molecule has 2 aromatic carbocycles. The number of carbonyl (C=O) groups is 2. The third-order valence-electron chi connectivity index (χ3n) is 4.33. The number of rotatable bonds is 10. The molecule has 0 aliphatic carbocycles. The van der Waals surface area contributed by atoms with Gasteiger partial charge in [-0.25, -0.2) is 4.79 Å². The van der Waals surface area contributed by atoms with Gasteiger partial charge in [-0.3, -0.25) is 4.79 Å². The molecule has 154 valence electrons. The monoisotopic (exact) mass is 397 g/mol. The van der Waals surface area contributed by atoms with E-state index in [1.807, 2.05) is 48.5 Å². The van der Waals surface area contributed by atoms with E-state index in [0.29, 0.717) is 43.1 Å². The highest BCUT2D eigenvalue weighted by molar-refractivity contribution is 5.83. The summed E-state index contributed by atoms with van der Waals surface area (Å²) in [5.41, 5.74) is 3.46. The van der Waals surface area contributed by atoms with Gasteiger partial charge >= 0.3 is 6.09 Å². The van der Waals surface area contributed by atoms with Crippen LogP contribution in [0.4, 0.5) is 4.79 Å². The van der Waals surface area contributed by atoms with E-state index in [2.05, 4.69) is 5.32 Å². The SMILES string of the molecule is CCOC(=O)NCCc1cc(OC)c(OC)cc1/C=C(/C=O)Cc1ccccc1. The van der Waals surface area contributed by atoms with Crippen LogP contribution < -0.4 is 14.8 Å². The molecule has 0 heterocycles. The van der Waals surface area contributed by atoms with Gasteiger partial charge in [-0.2, -0.15) is 0 Å². The van der Waals surface area contributed by atoms with Crippen molar-refractivity contribution in [2.45, 2.75) is 19.8 Å². The van der Waals surface area contributed by atoms with Crippen molar-refractivity contribution >= 4 is 18.5 Å². The summed E-state index contributed by atoms with van der Waals surface area (Å²) in [6.07, 6.45) is 3.33. The summed E-state index contributed by atoms with van der Waals surface area (Å²) in [6, 6.07) is 13.5. The summed E-state index contributed by atoms with van der Waals surface area (Å²) in [4.78, 5) is 23.2. The van der Waals surface area contributed by atoms with Gasteiger partial charge in [-0.15, -0.1) is 0 Å². The van der Waals surface area contributed by atoms with Crippen molar-refractivity contribution in [2.75, 3.05) is 27.4 Å². The zero-order chi connectivity index (χ0) is 21.1. The number of methoxy groups -OCH3 is 2. The molecule has 0 saturated carbocycles. The summed E-state index contributed by atoms with van der Waals surface area (Å²) in [5.74, 6) is 1.16. The normalized spacial score (nSPS) is 10.9. The van der Waals surface area contributed by atoms with Gasteiger partial charge in [0.05, 0.1) is 20.8 Å². The number of carbonyl (C=O) groups excluding carboxylic acids is 2. The fourth-order valence-corrected chi connectivity index (χ4v) is 2.93. The third-order valence-corrected chi connectivity index (χ3v) is 4.33. The Kier molecular flexibility index (Phi) is 8.76. The van der Waals surface area contributed by atoms with Crippen molar-refractivity contribution in [3.8, 4) is 11.5 Å². The predicted octanol–water partition coefficient (Wildman–Crippen LogP) is 3.82. The van der Waals surface area contributed by atoms with E-state index in [-0.39, 0.29) is 0 Å². The second-order valence-electron chi connectivity index (χ2n) is 6.30. The number of allylic oxidation sites excluding steroid dienone is 1. The number of alkyl carbamates (subject to hydrolysis) is 1. The van der Waals surface area contributed by atoms with Gasteiger partial charge in [-0.05, 0) is 53.8 Å². The minimum absolute atomic E-state index is 0.318. The molecular formula is C23H27NO5. The first-order valence-corrected chi connectivity index (χ1v) is 9.46. The Hall–Kier alpha value is -3.28. The number of ether oxygens (including phenoxy) is 3. The summed E-state index contributed by atoms with van der Waals surface area (Å²) >= 11 is 0. The number of amides is 1. The molecule has 0 radical (unpaired) electrons. The van der Waals surface area contributed by atoms with Crippen molar-refractivity contribution in [3.05, 3.63) is 64.7 Å². The molecule has 0 bridgehead atoms. The number of benzene rings is 2. The van der Waals surface area contributed by atoms with E-state index in [1.54, 1.807) is 21.1 Å². The van der Waals surface area contributed by atoms with Gasteiger partial charge in [0, 0.05) is 13.0 Å². The van der Waals surface area contributed by atoms with Gasteiger partial charge in [0.1, 0.15) is 6.29 Å². The Morgan fingerprint density at radius 3 is 2.38 bits per heavy atom. The van der Waals surface area contributed by atoms with Gasteiger partial charge < -0.3 is 19.5 Å². The van der Waals surface area contributed by atoms with Crippen molar-refractivity contribution in [1.82, 2.24) is 5.32 Å². The average molecular weight is 397 g/mol. The summed E-state index contributed by atoms with van der Waals surface area (Å²) < 4.78 is 15.7. The van der Waals surface area contributed by atoms with Crippen LogP contribution in [0.25, 0.3) is 6.08 Å². The van der Waals surface area contributed by atoms with E-state index >= 15 is 0 Å². The van der Waals surface area contributed by atoms with Crippen LogP contribution in [-0.4, -0.2) is 39.8 Å². The lowest BCUT2D eigenvalue weighted by atomic mass is 9.98. The van der Waals surface area contributed by atoms with Crippen LogP contribution in [0.1, 0.15) is 23.6 Å². The number of hydrogen-bond acceptors (Lipinski definition) is 5. The minimum atomic E-state index is -0.456. The highest BCUT2D eigenvalue weighted by Gasteiger charge is 2.12. The van der Waals surface area contributed by atoms with Crippen LogP contribution in [0.2, 0.25) is 0 Å². The highest BCUT2D eigenvalue weighted by Crippen LogP contribution is 2.32. The summed E-state index contributed by atoms with van der Waals surface area (Å²) in [5, 5.41) is 2.71. The molecule has 0 aromatic heterocycles. The molecule has 29 heavy (non-hydrogen) atoms. The molecule has 1 amide bonds. The molecule has 0 aliphatic heterocycles. The molecule has 0 fully saturated rings. The quantitative estimate of drug-likeness (QED) is 0.487. The molecular weight excluding hydrogens is 370 g/mol. The number of nitrogens with one attached hydrogen (secondary N) is 1. The fourth-order valence-electron chi connectivity index (χ4n) is 2.93. The maximum absolute atomic E-state index is 11.7. The van der Waals surface area contributed by atoms with Crippen LogP contribution in [0, 0.1) is 0 Å². The van der Waals surface area contributed by atoms with Crippen molar-refractivity contribution in [3.63, 3.8) is 0 Å². The minimum Gasteiger partial charge on any atom is -0.493 e. The number of hydrogen-bond donors (Lipinski definition) is 1. The standard InChI is InChI=1S/C23H27NO5/c1-4-29-23(26)24-11-10-19-14-21(27-2)22(28-3)15-20(19)13-18(16-25)12-17-8-6-5-7-9-17/h5-9,13-16H,4,10-12H2,1-3H3,(H,24,26)/b18-13+. The van der Waals surface area contributed by atoms with Crippen molar-refractivity contribution in [1.29, 1.82) is 0 Å². The molecule has 0 saturated heterocycles. The van der Waals surface area contributed by atoms with E-state index in [0.717, 1.165) is 23.0 Å². The predicted molar refractivity (Wildman–Crippen MR) is 112 cm³/mol. The summed E-state index contributed by atoms with van der Waals surface area (Å²) in [7, 11) is 3.14. The first kappa shape index (κ1) is 22.0. The number of aldehydes is 1. The lowest BCUT2D eigenvalue weighted by molar-refractivity contribution is -0.104. The third kappa shape index (κ3) is 6.68. The zero-order valence-electron chi connectivity index (χ0n) is 17.1. The largest absolute Gasteiger partial charge is 0.493 e. The van der Waals surface area contributed by atoms with Gasteiger partial charge in [0.15, 0.2) is 11.5 Å². The average Bonchev–Trinajstić information content (AvgIpc) is 2.74. The van der Waals surface area contributed by atoms with E-state index in [1.165, 1.54) is 0 Å². The van der Waals surface area contributed by atoms with E-state index in [9.17, 15) is 9.59 Å². The van der Waals surface area contributed by atoms with E-state index < -0.39 is 6.09 Å². The van der Waals surface area contributed by atoms with Crippen molar-refractivity contribution < 1.29 is 23.8 Å². The first-order valence-electron chi connectivity index (χ1n) is 9.46. The highest BCUT2D eigenvalue weighted by atomic mass is 16.5. The Balaban J connectivity index is 2.30.